The molecule has 0 saturated carbocycles. The van der Waals surface area contributed by atoms with Crippen molar-refractivity contribution in [3.8, 4) is 0 Å². The number of amides is 1. The molecule has 0 aromatic heterocycles. The van der Waals surface area contributed by atoms with Gasteiger partial charge in [-0.1, -0.05) is 0 Å². The van der Waals surface area contributed by atoms with Crippen LogP contribution < -0.4 is 10.6 Å². The van der Waals surface area contributed by atoms with E-state index in [2.05, 4.69) is 10.6 Å². The number of carbonyl (C=O) groups is 1. The molecule has 5 nitrogen and oxygen atoms in total. The summed E-state index contributed by atoms with van der Waals surface area (Å²) in [5, 5.41) is 14.0. The zero-order valence-electron chi connectivity index (χ0n) is 7.04. The van der Waals surface area contributed by atoms with Gasteiger partial charge in [-0.15, -0.1) is 0 Å². The van der Waals surface area contributed by atoms with Crippen LogP contribution in [0.25, 0.3) is 0 Å². The van der Waals surface area contributed by atoms with E-state index < -0.39 is 6.09 Å². The standard InChI is InChI=1S/C7H14N2O3/c1-12-4-5-2-8-3-6(5)9-7(10)11/h5-6,8-9H,2-4H2,1H3,(H,10,11). The largest absolute Gasteiger partial charge is 0.465 e. The minimum Gasteiger partial charge on any atom is -0.465 e. The minimum atomic E-state index is -0.968. The molecule has 1 fully saturated rings. The summed E-state index contributed by atoms with van der Waals surface area (Å²) in [6, 6.07) is -0.0116. The van der Waals surface area contributed by atoms with Gasteiger partial charge in [0, 0.05) is 26.1 Å². The average molecular weight is 174 g/mol. The molecule has 3 N–H and O–H groups in total. The second kappa shape index (κ2) is 4.27. The van der Waals surface area contributed by atoms with Crippen molar-refractivity contribution in [2.75, 3.05) is 26.8 Å². The summed E-state index contributed by atoms with van der Waals surface area (Å²) < 4.78 is 4.96. The molecule has 1 aliphatic rings. The summed E-state index contributed by atoms with van der Waals surface area (Å²) in [5.74, 6) is 0.256. The lowest BCUT2D eigenvalue weighted by Gasteiger charge is -2.16. The van der Waals surface area contributed by atoms with Crippen LogP contribution in [0.2, 0.25) is 0 Å². The van der Waals surface area contributed by atoms with Gasteiger partial charge >= 0.3 is 6.09 Å². The Morgan fingerprint density at radius 3 is 3.08 bits per heavy atom. The Hall–Kier alpha value is -0.810. The van der Waals surface area contributed by atoms with E-state index in [1.807, 2.05) is 0 Å². The molecule has 0 aliphatic carbocycles. The van der Waals surface area contributed by atoms with Crippen molar-refractivity contribution in [3.05, 3.63) is 0 Å². The third-order valence-corrected chi connectivity index (χ3v) is 2.03. The predicted octanol–water partition coefficient (Wildman–Crippen LogP) is -0.512. The molecule has 70 valence electrons. The van der Waals surface area contributed by atoms with E-state index >= 15 is 0 Å². The second-order valence-corrected chi connectivity index (χ2v) is 2.93. The molecule has 2 atom stereocenters. The Labute approximate surface area is 71.1 Å². The van der Waals surface area contributed by atoms with Crippen LogP contribution in [0.1, 0.15) is 0 Å². The van der Waals surface area contributed by atoms with Crippen molar-refractivity contribution in [3.63, 3.8) is 0 Å². The van der Waals surface area contributed by atoms with Gasteiger partial charge in [0.2, 0.25) is 0 Å². The zero-order valence-corrected chi connectivity index (χ0v) is 7.04. The van der Waals surface area contributed by atoms with Crippen LogP contribution in [0.15, 0.2) is 0 Å². The van der Waals surface area contributed by atoms with E-state index in [0.717, 1.165) is 6.54 Å². The zero-order chi connectivity index (χ0) is 8.97. The molecule has 1 heterocycles. The fourth-order valence-corrected chi connectivity index (χ4v) is 1.45. The van der Waals surface area contributed by atoms with Gasteiger partial charge in [0.15, 0.2) is 0 Å². The Morgan fingerprint density at radius 1 is 1.75 bits per heavy atom. The number of ether oxygens (including phenoxy) is 1. The first kappa shape index (κ1) is 9.28. The predicted molar refractivity (Wildman–Crippen MR) is 43.2 cm³/mol. The lowest BCUT2D eigenvalue weighted by atomic mass is 10.1. The van der Waals surface area contributed by atoms with Crippen molar-refractivity contribution in [2.45, 2.75) is 6.04 Å². The van der Waals surface area contributed by atoms with Crippen LogP contribution in [0, 0.1) is 5.92 Å². The molecule has 0 spiro atoms. The number of carboxylic acid groups (broad SMARTS) is 1. The van der Waals surface area contributed by atoms with E-state index in [9.17, 15) is 4.79 Å². The smallest absolute Gasteiger partial charge is 0.404 e. The summed E-state index contributed by atoms with van der Waals surface area (Å²) in [7, 11) is 1.62. The fourth-order valence-electron chi connectivity index (χ4n) is 1.45. The number of hydrogen-bond acceptors (Lipinski definition) is 3. The van der Waals surface area contributed by atoms with Crippen LogP contribution in [0.3, 0.4) is 0 Å². The minimum absolute atomic E-state index is 0.0116. The fraction of sp³-hybridized carbons (Fsp3) is 0.857. The third kappa shape index (κ3) is 2.35. The highest BCUT2D eigenvalue weighted by Crippen LogP contribution is 2.08. The molecule has 0 radical (unpaired) electrons. The van der Waals surface area contributed by atoms with Crippen molar-refractivity contribution in [1.29, 1.82) is 0 Å². The summed E-state index contributed by atoms with van der Waals surface area (Å²) in [4.78, 5) is 10.3. The lowest BCUT2D eigenvalue weighted by molar-refractivity contribution is 0.142. The highest BCUT2D eigenvalue weighted by molar-refractivity contribution is 5.65. The molecule has 0 bridgehead atoms. The lowest BCUT2D eigenvalue weighted by Crippen LogP contribution is -2.40. The molecule has 0 aromatic carbocycles. The third-order valence-electron chi connectivity index (χ3n) is 2.03. The average Bonchev–Trinajstić information content (AvgIpc) is 2.37. The molecule has 5 heteroatoms. The second-order valence-electron chi connectivity index (χ2n) is 2.93. The molecular weight excluding hydrogens is 160 g/mol. The van der Waals surface area contributed by atoms with Crippen molar-refractivity contribution < 1.29 is 14.6 Å². The first-order valence-corrected chi connectivity index (χ1v) is 3.93. The molecule has 1 rings (SSSR count). The Kier molecular flexibility index (Phi) is 3.31. The molecule has 1 saturated heterocycles. The number of hydrogen-bond donors (Lipinski definition) is 3. The van der Waals surface area contributed by atoms with Gasteiger partial charge in [-0.05, 0) is 0 Å². The maximum Gasteiger partial charge on any atom is 0.404 e. The molecule has 1 amide bonds. The SMILES string of the molecule is COCC1CNCC1NC(=O)O. The summed E-state index contributed by atoms with van der Waals surface area (Å²) in [6.45, 7) is 2.11. The van der Waals surface area contributed by atoms with Gasteiger partial charge in [0.05, 0.1) is 12.6 Å². The molecule has 12 heavy (non-hydrogen) atoms. The van der Waals surface area contributed by atoms with Gasteiger partial charge in [-0.25, -0.2) is 4.79 Å². The Morgan fingerprint density at radius 2 is 2.50 bits per heavy atom. The topological polar surface area (TPSA) is 70.6 Å². The molecule has 0 aromatic rings. The Balaban J connectivity index is 2.35. The van der Waals surface area contributed by atoms with Crippen molar-refractivity contribution in [1.82, 2.24) is 10.6 Å². The van der Waals surface area contributed by atoms with Crippen LogP contribution in [-0.4, -0.2) is 44.0 Å². The molecular formula is C7H14N2O3. The number of rotatable bonds is 3. The van der Waals surface area contributed by atoms with E-state index in [-0.39, 0.29) is 12.0 Å². The number of nitrogens with one attached hydrogen (secondary N) is 2. The number of methoxy groups -OCH3 is 1. The highest BCUT2D eigenvalue weighted by atomic mass is 16.5. The monoisotopic (exact) mass is 174 g/mol. The quantitative estimate of drug-likeness (QED) is 0.539. The van der Waals surface area contributed by atoms with E-state index in [4.69, 9.17) is 9.84 Å². The van der Waals surface area contributed by atoms with Gasteiger partial charge < -0.3 is 20.5 Å². The highest BCUT2D eigenvalue weighted by Gasteiger charge is 2.27. The molecule has 2 unspecified atom stereocenters. The first-order valence-electron chi connectivity index (χ1n) is 3.93. The van der Waals surface area contributed by atoms with Gasteiger partial charge in [-0.3, -0.25) is 0 Å². The summed E-state index contributed by atoms with van der Waals surface area (Å²) in [5.41, 5.74) is 0. The molecule has 1 aliphatic heterocycles. The maximum absolute atomic E-state index is 10.3. The van der Waals surface area contributed by atoms with Gasteiger partial charge in [0.1, 0.15) is 0 Å². The van der Waals surface area contributed by atoms with Crippen LogP contribution in [0.4, 0.5) is 4.79 Å². The van der Waals surface area contributed by atoms with Gasteiger partial charge in [0.25, 0.3) is 0 Å². The summed E-state index contributed by atoms with van der Waals surface area (Å²) >= 11 is 0. The normalized spacial score (nSPS) is 28.8. The van der Waals surface area contributed by atoms with Crippen molar-refractivity contribution in [2.24, 2.45) is 5.92 Å². The van der Waals surface area contributed by atoms with Crippen LogP contribution in [-0.2, 0) is 4.74 Å². The first-order chi connectivity index (χ1) is 5.74. The summed E-state index contributed by atoms with van der Waals surface area (Å²) in [6.07, 6.45) is -0.968. The van der Waals surface area contributed by atoms with E-state index in [1.54, 1.807) is 7.11 Å². The Bertz CT molecular complexity index is 163. The van der Waals surface area contributed by atoms with Crippen LogP contribution >= 0.6 is 0 Å². The van der Waals surface area contributed by atoms with E-state index in [0.29, 0.717) is 13.2 Å². The van der Waals surface area contributed by atoms with Crippen molar-refractivity contribution >= 4 is 6.09 Å². The maximum atomic E-state index is 10.3. The van der Waals surface area contributed by atoms with Gasteiger partial charge in [-0.2, -0.15) is 0 Å². The van der Waals surface area contributed by atoms with Crippen LogP contribution in [0.5, 0.6) is 0 Å². The van der Waals surface area contributed by atoms with E-state index in [1.165, 1.54) is 0 Å².